The van der Waals surface area contributed by atoms with Gasteiger partial charge in [-0.1, -0.05) is 71.0 Å². The zero-order valence-corrected chi connectivity index (χ0v) is 25.3. The molecule has 1 heterocycles. The van der Waals surface area contributed by atoms with Gasteiger partial charge in [0.25, 0.3) is 5.69 Å². The molecule has 0 amide bonds. The van der Waals surface area contributed by atoms with Crippen LogP contribution in [-0.4, -0.2) is 26.6 Å². The van der Waals surface area contributed by atoms with Crippen molar-refractivity contribution < 1.29 is 19.6 Å². The summed E-state index contributed by atoms with van der Waals surface area (Å²) in [5.41, 5.74) is 4.58. The molecular weight excluding hydrogens is 554 g/mol. The molecule has 1 aliphatic carbocycles. The number of benzene rings is 4. The van der Waals surface area contributed by atoms with Crippen LogP contribution in [0.25, 0.3) is 21.7 Å². The Labute approximate surface area is 254 Å². The van der Waals surface area contributed by atoms with E-state index in [1.807, 2.05) is 36.4 Å². The lowest BCUT2D eigenvalue weighted by molar-refractivity contribution is -0.383. The third kappa shape index (κ3) is 4.86. The van der Waals surface area contributed by atoms with Gasteiger partial charge in [-0.15, -0.1) is 0 Å². The Balaban J connectivity index is 1.36. The van der Waals surface area contributed by atoms with Crippen LogP contribution in [0.1, 0.15) is 89.6 Å². The minimum absolute atomic E-state index is 0.114. The number of nitrogens with one attached hydrogen (secondary N) is 1. The maximum atomic E-state index is 13.6. The number of hydrogen-bond acceptors (Lipinski definition) is 7. The lowest BCUT2D eigenvalue weighted by Crippen LogP contribution is -2.15. The highest BCUT2D eigenvalue weighted by Gasteiger charge is 2.41. The number of nitro benzene ring substituents is 1. The SMILES string of the molecule is CC(C)c1cc(CNc2cccc3ccc(C4C(=O)c5cc6cccc([N+](=O)[O-])c6cc5C4=O)nc23)cc(C(C)(C)C)c1O. The molecule has 0 fully saturated rings. The number of anilines is 1. The van der Waals surface area contributed by atoms with Crippen molar-refractivity contribution in [1.82, 2.24) is 4.98 Å². The van der Waals surface area contributed by atoms with Crippen LogP contribution in [-0.2, 0) is 12.0 Å². The summed E-state index contributed by atoms with van der Waals surface area (Å²) in [6, 6.07) is 21.0. The number of non-ortho nitro benzene ring substituents is 1. The maximum Gasteiger partial charge on any atom is 0.277 e. The summed E-state index contributed by atoms with van der Waals surface area (Å²) in [6.07, 6.45) is 0. The molecule has 2 N–H and O–H groups in total. The smallest absolute Gasteiger partial charge is 0.277 e. The van der Waals surface area contributed by atoms with Crippen LogP contribution in [0.15, 0.2) is 72.8 Å². The number of pyridine rings is 1. The van der Waals surface area contributed by atoms with Crippen LogP contribution >= 0.6 is 0 Å². The van der Waals surface area contributed by atoms with Crippen LogP contribution < -0.4 is 5.32 Å². The monoisotopic (exact) mass is 587 g/mol. The summed E-state index contributed by atoms with van der Waals surface area (Å²) in [4.78, 5) is 43.2. The van der Waals surface area contributed by atoms with Crippen LogP contribution in [0, 0.1) is 10.1 Å². The Bertz CT molecular complexity index is 2020. The summed E-state index contributed by atoms with van der Waals surface area (Å²) < 4.78 is 0. The fourth-order valence-electron chi connectivity index (χ4n) is 6.07. The van der Waals surface area contributed by atoms with Crippen LogP contribution in [0.2, 0.25) is 0 Å². The number of ketones is 2. The molecule has 8 nitrogen and oxygen atoms in total. The van der Waals surface area contributed by atoms with Crippen molar-refractivity contribution in [1.29, 1.82) is 0 Å². The van der Waals surface area contributed by atoms with Crippen molar-refractivity contribution in [2.24, 2.45) is 0 Å². The Morgan fingerprint density at radius 3 is 2.30 bits per heavy atom. The van der Waals surface area contributed by atoms with E-state index in [4.69, 9.17) is 4.98 Å². The average Bonchev–Trinajstić information content (AvgIpc) is 3.22. The summed E-state index contributed by atoms with van der Waals surface area (Å²) in [5, 5.41) is 27.7. The third-order valence-corrected chi connectivity index (χ3v) is 8.40. The molecule has 0 saturated carbocycles. The first-order valence-corrected chi connectivity index (χ1v) is 14.6. The molecular formula is C36H33N3O5. The zero-order valence-electron chi connectivity index (χ0n) is 25.3. The number of aromatic hydroxyl groups is 1. The number of para-hydroxylation sites is 1. The minimum atomic E-state index is -1.13. The van der Waals surface area contributed by atoms with E-state index in [9.17, 15) is 24.8 Å². The number of carbonyl (C=O) groups is 2. The molecule has 1 unspecified atom stereocenters. The van der Waals surface area contributed by atoms with Gasteiger partial charge in [0.1, 0.15) is 11.7 Å². The van der Waals surface area contributed by atoms with Gasteiger partial charge < -0.3 is 10.4 Å². The van der Waals surface area contributed by atoms with Gasteiger partial charge in [0.05, 0.1) is 27.2 Å². The second-order valence-corrected chi connectivity index (χ2v) is 12.8. The van der Waals surface area contributed by atoms with E-state index in [0.717, 1.165) is 27.8 Å². The van der Waals surface area contributed by atoms with Crippen molar-refractivity contribution in [3.05, 3.63) is 116 Å². The number of carbonyl (C=O) groups excluding carboxylic acids is 2. The van der Waals surface area contributed by atoms with E-state index in [1.54, 1.807) is 24.3 Å². The second kappa shape index (κ2) is 10.6. The lowest BCUT2D eigenvalue weighted by atomic mass is 9.82. The number of nitro groups is 1. The highest BCUT2D eigenvalue weighted by molar-refractivity contribution is 6.31. The molecule has 1 aliphatic rings. The summed E-state index contributed by atoms with van der Waals surface area (Å²) in [6.45, 7) is 10.8. The molecule has 4 aromatic carbocycles. The lowest BCUT2D eigenvalue weighted by Gasteiger charge is -2.24. The normalized spacial score (nSPS) is 14.9. The predicted octanol–water partition coefficient (Wildman–Crippen LogP) is 8.20. The number of hydrogen-bond donors (Lipinski definition) is 2. The van der Waals surface area contributed by atoms with E-state index < -0.39 is 16.6 Å². The molecule has 0 bridgehead atoms. The molecule has 8 heteroatoms. The quantitative estimate of drug-likeness (QED) is 0.117. The number of fused-ring (bicyclic) bond motifs is 3. The molecule has 0 spiro atoms. The highest BCUT2D eigenvalue weighted by atomic mass is 16.6. The fourth-order valence-corrected chi connectivity index (χ4v) is 6.07. The standard InChI is InChI=1S/C36H33N3O5/c1-19(2)23-14-20(15-27(33(23)40)36(3,4)5)18-37-29-10-6-8-21-12-13-28(38-32(21)29)31-34(41)25-16-22-9-7-11-30(39(43)44)24(22)17-26(25)35(31)42/h6-17,19,31,37,40H,18H2,1-5H3. The van der Waals surface area contributed by atoms with Crippen molar-refractivity contribution >= 4 is 44.6 Å². The number of Topliss-reactive ketones (excluding diaryl/α,β-unsaturated/α-hetero) is 2. The van der Waals surface area contributed by atoms with Crippen molar-refractivity contribution in [2.75, 3.05) is 5.32 Å². The van der Waals surface area contributed by atoms with Gasteiger partial charge in [0.2, 0.25) is 0 Å². The van der Waals surface area contributed by atoms with Crippen LogP contribution in [0.4, 0.5) is 11.4 Å². The van der Waals surface area contributed by atoms with Crippen molar-refractivity contribution in [3.8, 4) is 5.75 Å². The van der Waals surface area contributed by atoms with Gasteiger partial charge in [-0.25, -0.2) is 4.98 Å². The molecule has 1 atom stereocenters. The Morgan fingerprint density at radius 1 is 0.932 bits per heavy atom. The molecule has 0 saturated heterocycles. The Hall–Kier alpha value is -5.11. The Kier molecular flexibility index (Phi) is 6.95. The van der Waals surface area contributed by atoms with Gasteiger partial charge >= 0.3 is 0 Å². The number of phenols is 1. The first-order chi connectivity index (χ1) is 20.8. The number of rotatable bonds is 6. The predicted molar refractivity (Wildman–Crippen MR) is 172 cm³/mol. The first-order valence-electron chi connectivity index (χ1n) is 14.6. The maximum absolute atomic E-state index is 13.6. The number of nitrogens with zero attached hydrogens (tertiary/aromatic N) is 2. The molecule has 1 aromatic heterocycles. The molecule has 6 rings (SSSR count). The van der Waals surface area contributed by atoms with Gasteiger partial charge in [0.15, 0.2) is 11.6 Å². The Morgan fingerprint density at radius 2 is 1.61 bits per heavy atom. The second-order valence-electron chi connectivity index (χ2n) is 12.8. The largest absolute Gasteiger partial charge is 0.507 e. The van der Waals surface area contributed by atoms with Gasteiger partial charge in [-0.2, -0.15) is 0 Å². The van der Waals surface area contributed by atoms with E-state index in [2.05, 4.69) is 39.9 Å². The topological polar surface area (TPSA) is 122 Å². The van der Waals surface area contributed by atoms with Crippen molar-refractivity contribution in [2.45, 2.75) is 58.4 Å². The molecule has 0 aliphatic heterocycles. The van der Waals surface area contributed by atoms with E-state index in [1.165, 1.54) is 12.1 Å². The first kappa shape index (κ1) is 29.0. The van der Waals surface area contributed by atoms with Crippen molar-refractivity contribution in [3.63, 3.8) is 0 Å². The van der Waals surface area contributed by atoms with E-state index in [0.29, 0.717) is 34.3 Å². The van der Waals surface area contributed by atoms with Gasteiger partial charge in [0, 0.05) is 29.1 Å². The minimum Gasteiger partial charge on any atom is -0.507 e. The molecule has 5 aromatic rings. The summed E-state index contributed by atoms with van der Waals surface area (Å²) >= 11 is 0. The zero-order chi connectivity index (χ0) is 31.5. The molecule has 0 radical (unpaired) electrons. The summed E-state index contributed by atoms with van der Waals surface area (Å²) in [5.74, 6) is -1.43. The number of aromatic nitrogens is 1. The fraction of sp³-hybridized carbons (Fsp3) is 0.250. The van der Waals surface area contributed by atoms with Gasteiger partial charge in [-0.05, 0) is 63.7 Å². The highest BCUT2D eigenvalue weighted by Crippen LogP contribution is 2.40. The number of phenolic OH excluding ortho intramolecular Hbond substituents is 1. The third-order valence-electron chi connectivity index (χ3n) is 8.40. The van der Waals surface area contributed by atoms with Crippen LogP contribution in [0.5, 0.6) is 5.75 Å². The van der Waals surface area contributed by atoms with E-state index >= 15 is 0 Å². The molecule has 222 valence electrons. The average molecular weight is 588 g/mol. The summed E-state index contributed by atoms with van der Waals surface area (Å²) in [7, 11) is 0. The van der Waals surface area contributed by atoms with Gasteiger partial charge in [-0.3, -0.25) is 19.7 Å². The van der Waals surface area contributed by atoms with E-state index in [-0.39, 0.29) is 33.9 Å². The van der Waals surface area contributed by atoms with Crippen LogP contribution in [0.3, 0.4) is 0 Å². The molecule has 44 heavy (non-hydrogen) atoms.